The summed E-state index contributed by atoms with van der Waals surface area (Å²) < 4.78 is 15.5. The summed E-state index contributed by atoms with van der Waals surface area (Å²) in [4.78, 5) is 29.2. The van der Waals surface area contributed by atoms with E-state index in [1.54, 1.807) is 11.9 Å². The number of nitrogens with zero attached hydrogens (tertiary/aromatic N) is 1. The van der Waals surface area contributed by atoms with Gasteiger partial charge in [0.05, 0.1) is 32.6 Å². The normalized spacial score (nSPS) is 15.0. The van der Waals surface area contributed by atoms with Crippen molar-refractivity contribution in [3.05, 3.63) is 30.0 Å². The predicted octanol–water partition coefficient (Wildman–Crippen LogP) is 1.20. The molecule has 2 heterocycles. The number of H-pyrrole nitrogens is 1. The standard InChI is InChI=1S/C17H21N3O5/c1-20(10-14-24-7-8-25-14)9-13(21)19-15-11-5-3-4-6-12(11)18-16(15)17(22)23-2/h3-6,14,18H,7-10H2,1-2H3,(H,19,21). The van der Waals surface area contributed by atoms with Crippen LogP contribution >= 0.6 is 0 Å². The predicted molar refractivity (Wildman–Crippen MR) is 91.5 cm³/mol. The smallest absolute Gasteiger partial charge is 0.356 e. The maximum Gasteiger partial charge on any atom is 0.356 e. The molecular weight excluding hydrogens is 326 g/mol. The molecular formula is C17H21N3O5. The van der Waals surface area contributed by atoms with Crippen molar-refractivity contribution in [3.63, 3.8) is 0 Å². The summed E-state index contributed by atoms with van der Waals surface area (Å²) in [5.41, 5.74) is 1.40. The number of amides is 1. The number of rotatable bonds is 6. The van der Waals surface area contributed by atoms with Crippen LogP contribution in [0, 0.1) is 0 Å². The molecule has 1 aromatic heterocycles. The van der Waals surface area contributed by atoms with Crippen LogP contribution in [0.2, 0.25) is 0 Å². The zero-order chi connectivity index (χ0) is 17.8. The third-order valence-corrected chi connectivity index (χ3v) is 3.93. The number of aromatic nitrogens is 1. The van der Waals surface area contributed by atoms with Crippen molar-refractivity contribution < 1.29 is 23.8 Å². The number of para-hydroxylation sites is 1. The van der Waals surface area contributed by atoms with Crippen LogP contribution in [0.25, 0.3) is 10.9 Å². The molecule has 1 fully saturated rings. The van der Waals surface area contributed by atoms with Gasteiger partial charge in [0.25, 0.3) is 0 Å². The van der Waals surface area contributed by atoms with E-state index in [1.165, 1.54) is 7.11 Å². The first-order valence-corrected chi connectivity index (χ1v) is 7.99. The molecule has 1 aliphatic rings. The molecule has 0 bridgehead atoms. The lowest BCUT2D eigenvalue weighted by atomic mass is 10.2. The lowest BCUT2D eigenvalue weighted by Gasteiger charge is -2.19. The Balaban J connectivity index is 1.72. The van der Waals surface area contributed by atoms with E-state index in [0.717, 1.165) is 10.9 Å². The zero-order valence-corrected chi connectivity index (χ0v) is 14.2. The van der Waals surface area contributed by atoms with E-state index in [0.29, 0.717) is 25.4 Å². The third kappa shape index (κ3) is 3.98. The number of nitrogens with one attached hydrogen (secondary N) is 2. The molecule has 1 aromatic carbocycles. The Morgan fingerprint density at radius 3 is 2.76 bits per heavy atom. The second kappa shape index (κ2) is 7.64. The summed E-state index contributed by atoms with van der Waals surface area (Å²) in [5, 5.41) is 3.56. The third-order valence-electron chi connectivity index (χ3n) is 3.93. The van der Waals surface area contributed by atoms with Gasteiger partial charge in [-0.3, -0.25) is 9.69 Å². The number of likely N-dealkylation sites (N-methyl/N-ethyl adjacent to an activating group) is 1. The van der Waals surface area contributed by atoms with E-state index >= 15 is 0 Å². The van der Waals surface area contributed by atoms with Crippen LogP contribution in [0.15, 0.2) is 24.3 Å². The van der Waals surface area contributed by atoms with E-state index in [2.05, 4.69) is 10.3 Å². The molecule has 1 saturated heterocycles. The van der Waals surface area contributed by atoms with E-state index in [-0.39, 0.29) is 24.4 Å². The molecule has 0 radical (unpaired) electrons. The SMILES string of the molecule is COC(=O)c1[nH]c2ccccc2c1NC(=O)CN(C)CC1OCCO1. The average Bonchev–Trinajstić information content (AvgIpc) is 3.22. The quantitative estimate of drug-likeness (QED) is 0.763. The number of carbonyl (C=O) groups excluding carboxylic acids is 2. The second-order valence-electron chi connectivity index (χ2n) is 5.83. The molecule has 0 spiro atoms. The molecule has 0 unspecified atom stereocenters. The zero-order valence-electron chi connectivity index (χ0n) is 14.2. The maximum atomic E-state index is 12.4. The van der Waals surface area contributed by atoms with Gasteiger partial charge >= 0.3 is 5.97 Å². The fourth-order valence-corrected chi connectivity index (χ4v) is 2.78. The van der Waals surface area contributed by atoms with Gasteiger partial charge in [0.2, 0.25) is 5.91 Å². The maximum absolute atomic E-state index is 12.4. The van der Waals surface area contributed by atoms with Crippen LogP contribution in [0.3, 0.4) is 0 Å². The fraction of sp³-hybridized carbons (Fsp3) is 0.412. The Morgan fingerprint density at radius 1 is 1.32 bits per heavy atom. The number of carbonyl (C=O) groups is 2. The summed E-state index contributed by atoms with van der Waals surface area (Å²) in [6.07, 6.45) is -0.309. The minimum atomic E-state index is -0.535. The summed E-state index contributed by atoms with van der Waals surface area (Å²) in [7, 11) is 3.11. The molecule has 2 aromatic rings. The Bertz CT molecular complexity index is 767. The van der Waals surface area contributed by atoms with E-state index in [1.807, 2.05) is 24.3 Å². The lowest BCUT2D eigenvalue weighted by Crippen LogP contribution is -2.36. The highest BCUT2D eigenvalue weighted by atomic mass is 16.7. The van der Waals surface area contributed by atoms with Gasteiger partial charge < -0.3 is 24.5 Å². The van der Waals surface area contributed by atoms with Crippen molar-refractivity contribution in [3.8, 4) is 0 Å². The molecule has 0 atom stereocenters. The van der Waals surface area contributed by atoms with Crippen molar-refractivity contribution in [2.45, 2.75) is 6.29 Å². The van der Waals surface area contributed by atoms with Crippen molar-refractivity contribution in [1.29, 1.82) is 0 Å². The number of benzene rings is 1. The summed E-state index contributed by atoms with van der Waals surface area (Å²) in [6.45, 7) is 1.78. The van der Waals surface area contributed by atoms with Gasteiger partial charge in [0, 0.05) is 17.4 Å². The summed E-state index contributed by atoms with van der Waals surface area (Å²) in [5.74, 6) is -0.775. The number of ether oxygens (including phenoxy) is 3. The number of fused-ring (bicyclic) bond motifs is 1. The largest absolute Gasteiger partial charge is 0.464 e. The van der Waals surface area contributed by atoms with Crippen LogP contribution in [0.1, 0.15) is 10.5 Å². The van der Waals surface area contributed by atoms with Crippen molar-refractivity contribution >= 4 is 28.5 Å². The Hall–Kier alpha value is -2.42. The number of esters is 1. The molecule has 134 valence electrons. The van der Waals surface area contributed by atoms with Crippen LogP contribution in [0.4, 0.5) is 5.69 Å². The number of hydrogen-bond acceptors (Lipinski definition) is 6. The van der Waals surface area contributed by atoms with Crippen LogP contribution < -0.4 is 5.32 Å². The minimum Gasteiger partial charge on any atom is -0.464 e. The van der Waals surface area contributed by atoms with Gasteiger partial charge in [-0.15, -0.1) is 0 Å². The number of anilines is 1. The lowest BCUT2D eigenvalue weighted by molar-refractivity contribution is -0.118. The van der Waals surface area contributed by atoms with Gasteiger partial charge in [0.15, 0.2) is 6.29 Å². The summed E-state index contributed by atoms with van der Waals surface area (Å²) in [6, 6.07) is 7.35. The van der Waals surface area contributed by atoms with Gasteiger partial charge in [-0.25, -0.2) is 4.79 Å². The monoisotopic (exact) mass is 347 g/mol. The Labute approximate surface area is 145 Å². The van der Waals surface area contributed by atoms with Crippen molar-refractivity contribution in [2.75, 3.05) is 45.8 Å². The van der Waals surface area contributed by atoms with Gasteiger partial charge in [-0.1, -0.05) is 18.2 Å². The van der Waals surface area contributed by atoms with Crippen LogP contribution in [-0.4, -0.2) is 68.5 Å². The highest BCUT2D eigenvalue weighted by Gasteiger charge is 2.22. The molecule has 1 aliphatic heterocycles. The first-order valence-electron chi connectivity index (χ1n) is 7.99. The molecule has 2 N–H and O–H groups in total. The van der Waals surface area contributed by atoms with Gasteiger partial charge in [-0.2, -0.15) is 0 Å². The van der Waals surface area contributed by atoms with Crippen molar-refractivity contribution in [1.82, 2.24) is 9.88 Å². The van der Waals surface area contributed by atoms with Crippen LogP contribution in [-0.2, 0) is 19.0 Å². The van der Waals surface area contributed by atoms with Gasteiger partial charge in [-0.05, 0) is 13.1 Å². The summed E-state index contributed by atoms with van der Waals surface area (Å²) >= 11 is 0. The minimum absolute atomic E-state index is 0.142. The molecule has 25 heavy (non-hydrogen) atoms. The molecule has 8 nitrogen and oxygen atoms in total. The number of aromatic amines is 1. The highest BCUT2D eigenvalue weighted by molar-refractivity contribution is 6.11. The molecule has 1 amide bonds. The average molecular weight is 347 g/mol. The van der Waals surface area contributed by atoms with Crippen molar-refractivity contribution in [2.24, 2.45) is 0 Å². The van der Waals surface area contributed by atoms with E-state index < -0.39 is 5.97 Å². The second-order valence-corrected chi connectivity index (χ2v) is 5.83. The number of methoxy groups -OCH3 is 1. The van der Waals surface area contributed by atoms with E-state index in [4.69, 9.17) is 14.2 Å². The molecule has 0 saturated carbocycles. The van der Waals surface area contributed by atoms with Crippen LogP contribution in [0.5, 0.6) is 0 Å². The fourth-order valence-electron chi connectivity index (χ4n) is 2.78. The molecule has 3 rings (SSSR count). The van der Waals surface area contributed by atoms with E-state index in [9.17, 15) is 9.59 Å². The molecule has 8 heteroatoms. The molecule has 0 aliphatic carbocycles. The topological polar surface area (TPSA) is 92.9 Å². The number of hydrogen-bond donors (Lipinski definition) is 2. The Kier molecular flexibility index (Phi) is 5.32. The van der Waals surface area contributed by atoms with Gasteiger partial charge in [0.1, 0.15) is 5.69 Å². The Morgan fingerprint density at radius 2 is 2.04 bits per heavy atom. The highest BCUT2D eigenvalue weighted by Crippen LogP contribution is 2.28. The first kappa shape index (κ1) is 17.4. The first-order chi connectivity index (χ1) is 12.1.